The third kappa shape index (κ3) is 4.04. The molecule has 0 aromatic carbocycles. The van der Waals surface area contributed by atoms with Crippen molar-refractivity contribution in [2.24, 2.45) is 5.92 Å². The number of nitrogens with zero attached hydrogens (tertiary/aromatic N) is 1. The lowest BCUT2D eigenvalue weighted by Gasteiger charge is -2.35. The highest BCUT2D eigenvalue weighted by Crippen LogP contribution is 2.20. The van der Waals surface area contributed by atoms with Crippen LogP contribution in [0.15, 0.2) is 0 Å². The van der Waals surface area contributed by atoms with Crippen molar-refractivity contribution in [3.05, 3.63) is 0 Å². The molecule has 3 heteroatoms. The van der Waals surface area contributed by atoms with E-state index >= 15 is 0 Å². The SMILES string of the molecule is CC[C@H](CO)NC(C)C1CCN(CC)CC1. The van der Waals surface area contributed by atoms with Crippen LogP contribution in [0.25, 0.3) is 0 Å². The van der Waals surface area contributed by atoms with Gasteiger partial charge in [-0.15, -0.1) is 0 Å². The first-order valence-electron chi connectivity index (χ1n) is 6.80. The Morgan fingerprint density at radius 1 is 1.31 bits per heavy atom. The molecular weight excluding hydrogens is 200 g/mol. The molecule has 0 bridgehead atoms. The van der Waals surface area contributed by atoms with Gasteiger partial charge in [0.2, 0.25) is 0 Å². The van der Waals surface area contributed by atoms with Crippen LogP contribution in [-0.2, 0) is 0 Å². The van der Waals surface area contributed by atoms with Crippen LogP contribution in [0.1, 0.15) is 40.0 Å². The minimum Gasteiger partial charge on any atom is -0.395 e. The van der Waals surface area contributed by atoms with Gasteiger partial charge in [-0.1, -0.05) is 13.8 Å². The highest BCUT2D eigenvalue weighted by molar-refractivity contribution is 4.81. The second kappa shape index (κ2) is 7.25. The fourth-order valence-electron chi connectivity index (χ4n) is 2.58. The Hall–Kier alpha value is -0.120. The number of likely N-dealkylation sites (tertiary alicyclic amines) is 1. The number of aliphatic hydroxyl groups is 1. The minimum atomic E-state index is 0.259. The van der Waals surface area contributed by atoms with Gasteiger partial charge in [-0.3, -0.25) is 0 Å². The van der Waals surface area contributed by atoms with Crippen LogP contribution in [0.2, 0.25) is 0 Å². The smallest absolute Gasteiger partial charge is 0.0584 e. The molecule has 0 aromatic rings. The third-order valence-electron chi connectivity index (χ3n) is 4.00. The van der Waals surface area contributed by atoms with Crippen LogP contribution in [0.5, 0.6) is 0 Å². The lowest BCUT2D eigenvalue weighted by Crippen LogP contribution is -2.46. The summed E-state index contributed by atoms with van der Waals surface area (Å²) >= 11 is 0. The van der Waals surface area contributed by atoms with Crippen molar-refractivity contribution in [3.8, 4) is 0 Å². The monoisotopic (exact) mass is 228 g/mol. The van der Waals surface area contributed by atoms with Crippen LogP contribution >= 0.6 is 0 Å². The van der Waals surface area contributed by atoms with Gasteiger partial charge >= 0.3 is 0 Å². The quantitative estimate of drug-likeness (QED) is 0.722. The van der Waals surface area contributed by atoms with Gasteiger partial charge < -0.3 is 15.3 Å². The Morgan fingerprint density at radius 2 is 1.94 bits per heavy atom. The van der Waals surface area contributed by atoms with E-state index in [9.17, 15) is 5.11 Å². The first-order chi connectivity index (χ1) is 7.71. The van der Waals surface area contributed by atoms with Crippen molar-refractivity contribution >= 4 is 0 Å². The van der Waals surface area contributed by atoms with E-state index < -0.39 is 0 Å². The zero-order valence-electron chi connectivity index (χ0n) is 11.1. The maximum Gasteiger partial charge on any atom is 0.0584 e. The fraction of sp³-hybridized carbons (Fsp3) is 1.00. The predicted molar refractivity (Wildman–Crippen MR) is 68.6 cm³/mol. The number of nitrogens with one attached hydrogen (secondary N) is 1. The molecule has 2 N–H and O–H groups in total. The number of piperidine rings is 1. The Labute approximate surface area is 100 Å². The first kappa shape index (κ1) is 13.9. The van der Waals surface area contributed by atoms with Gasteiger partial charge in [-0.05, 0) is 51.7 Å². The number of hydrogen-bond donors (Lipinski definition) is 2. The summed E-state index contributed by atoms with van der Waals surface area (Å²) in [5.74, 6) is 0.781. The molecule has 1 heterocycles. The minimum absolute atomic E-state index is 0.259. The molecule has 1 aliphatic heterocycles. The summed E-state index contributed by atoms with van der Waals surface area (Å²) in [6, 6.07) is 0.815. The van der Waals surface area contributed by atoms with Crippen LogP contribution in [0, 0.1) is 5.92 Å². The fourth-order valence-corrected chi connectivity index (χ4v) is 2.58. The van der Waals surface area contributed by atoms with Crippen LogP contribution in [0.3, 0.4) is 0 Å². The first-order valence-corrected chi connectivity index (χ1v) is 6.80. The Bertz CT molecular complexity index is 175. The van der Waals surface area contributed by atoms with E-state index in [0.29, 0.717) is 6.04 Å². The summed E-state index contributed by atoms with van der Waals surface area (Å²) in [5, 5.41) is 12.7. The van der Waals surface area contributed by atoms with Crippen molar-refractivity contribution in [2.75, 3.05) is 26.2 Å². The van der Waals surface area contributed by atoms with E-state index in [1.807, 2.05) is 0 Å². The maximum absolute atomic E-state index is 9.18. The van der Waals surface area contributed by atoms with E-state index in [4.69, 9.17) is 0 Å². The Morgan fingerprint density at radius 3 is 2.38 bits per heavy atom. The van der Waals surface area contributed by atoms with Gasteiger partial charge in [-0.25, -0.2) is 0 Å². The molecule has 1 fully saturated rings. The summed E-state index contributed by atoms with van der Waals surface area (Å²) < 4.78 is 0. The average Bonchev–Trinajstić information content (AvgIpc) is 2.35. The van der Waals surface area contributed by atoms with E-state index in [1.54, 1.807) is 0 Å². The zero-order chi connectivity index (χ0) is 12.0. The molecule has 2 atom stereocenters. The molecule has 0 radical (unpaired) electrons. The van der Waals surface area contributed by atoms with Crippen molar-refractivity contribution < 1.29 is 5.11 Å². The summed E-state index contributed by atoms with van der Waals surface area (Å²) in [6.45, 7) is 10.6. The zero-order valence-corrected chi connectivity index (χ0v) is 11.1. The standard InChI is InChI=1S/C13H28N2O/c1-4-13(10-16)14-11(3)12-6-8-15(5-2)9-7-12/h11-14,16H,4-10H2,1-3H3/t11?,13-/m1/s1. The van der Waals surface area contributed by atoms with E-state index in [1.165, 1.54) is 32.5 Å². The lowest BCUT2D eigenvalue weighted by atomic mass is 9.90. The molecule has 0 saturated carbocycles. The van der Waals surface area contributed by atoms with Gasteiger partial charge in [0.1, 0.15) is 0 Å². The molecule has 0 spiro atoms. The van der Waals surface area contributed by atoms with Gasteiger partial charge in [0, 0.05) is 12.1 Å². The molecule has 1 aliphatic rings. The topological polar surface area (TPSA) is 35.5 Å². The molecule has 0 aromatic heterocycles. The molecule has 1 saturated heterocycles. The molecule has 0 amide bonds. The summed E-state index contributed by atoms with van der Waals surface area (Å²) in [7, 11) is 0. The number of rotatable bonds is 6. The predicted octanol–water partition coefficient (Wildman–Crippen LogP) is 1.47. The van der Waals surface area contributed by atoms with Crippen LogP contribution in [-0.4, -0.2) is 48.3 Å². The molecular formula is C13H28N2O. The summed E-state index contributed by atoms with van der Waals surface area (Å²) in [5.41, 5.74) is 0. The van der Waals surface area contributed by atoms with E-state index in [2.05, 4.69) is 31.0 Å². The highest BCUT2D eigenvalue weighted by Gasteiger charge is 2.24. The largest absolute Gasteiger partial charge is 0.395 e. The number of hydrogen-bond acceptors (Lipinski definition) is 3. The van der Waals surface area contributed by atoms with Gasteiger partial charge in [0.15, 0.2) is 0 Å². The average molecular weight is 228 g/mol. The summed E-state index contributed by atoms with van der Waals surface area (Å²) in [6.07, 6.45) is 3.60. The van der Waals surface area contributed by atoms with E-state index in [0.717, 1.165) is 12.3 Å². The van der Waals surface area contributed by atoms with Crippen molar-refractivity contribution in [2.45, 2.75) is 52.1 Å². The maximum atomic E-state index is 9.18. The molecule has 3 nitrogen and oxygen atoms in total. The molecule has 0 aliphatic carbocycles. The second-order valence-electron chi connectivity index (χ2n) is 5.01. The molecule has 96 valence electrons. The Kier molecular flexibility index (Phi) is 6.32. The van der Waals surface area contributed by atoms with Crippen LogP contribution in [0.4, 0.5) is 0 Å². The highest BCUT2D eigenvalue weighted by atomic mass is 16.3. The molecule has 1 unspecified atom stereocenters. The van der Waals surface area contributed by atoms with Gasteiger partial charge in [-0.2, -0.15) is 0 Å². The summed E-state index contributed by atoms with van der Waals surface area (Å²) in [4.78, 5) is 2.52. The normalized spacial score (nSPS) is 23.2. The number of aliphatic hydroxyl groups excluding tert-OH is 1. The van der Waals surface area contributed by atoms with Gasteiger partial charge in [0.05, 0.1) is 6.61 Å². The van der Waals surface area contributed by atoms with Crippen molar-refractivity contribution in [1.82, 2.24) is 10.2 Å². The second-order valence-corrected chi connectivity index (χ2v) is 5.01. The van der Waals surface area contributed by atoms with Crippen molar-refractivity contribution in [3.63, 3.8) is 0 Å². The van der Waals surface area contributed by atoms with E-state index in [-0.39, 0.29) is 12.6 Å². The molecule has 1 rings (SSSR count). The van der Waals surface area contributed by atoms with Crippen LogP contribution < -0.4 is 5.32 Å². The Balaban J connectivity index is 2.29. The van der Waals surface area contributed by atoms with Crippen molar-refractivity contribution in [1.29, 1.82) is 0 Å². The molecule has 16 heavy (non-hydrogen) atoms. The third-order valence-corrected chi connectivity index (χ3v) is 4.00. The van der Waals surface area contributed by atoms with Gasteiger partial charge in [0.25, 0.3) is 0 Å². The lowest BCUT2D eigenvalue weighted by molar-refractivity contribution is 0.152.